The number of aryl methyl sites for hydroxylation is 1. The quantitative estimate of drug-likeness (QED) is 0.736. The third-order valence-corrected chi connectivity index (χ3v) is 3.10. The lowest BCUT2D eigenvalue weighted by Crippen LogP contribution is -2.21. The fourth-order valence-electron chi connectivity index (χ4n) is 2.07. The number of rotatable bonds is 6. The van der Waals surface area contributed by atoms with Crippen LogP contribution in [-0.2, 0) is 0 Å². The van der Waals surface area contributed by atoms with Crippen LogP contribution in [0, 0.1) is 12.8 Å². The summed E-state index contributed by atoms with van der Waals surface area (Å²) >= 11 is 0. The Balaban J connectivity index is 1.96. The van der Waals surface area contributed by atoms with Crippen LogP contribution >= 0.6 is 0 Å². The maximum absolute atomic E-state index is 4.21. The average molecular weight is 216 g/mol. The van der Waals surface area contributed by atoms with E-state index < -0.39 is 0 Å². The summed E-state index contributed by atoms with van der Waals surface area (Å²) in [4.78, 5) is 4.21. The van der Waals surface area contributed by atoms with E-state index in [4.69, 9.17) is 0 Å². The van der Waals surface area contributed by atoms with E-state index in [0.717, 1.165) is 18.0 Å². The maximum atomic E-state index is 4.21. The molecule has 1 unspecified atom stereocenters. The lowest BCUT2D eigenvalue weighted by atomic mass is 10.1. The highest BCUT2D eigenvalue weighted by Crippen LogP contribution is 2.36. The molecule has 1 saturated carbocycles. The number of anilines is 1. The van der Waals surface area contributed by atoms with E-state index in [2.05, 4.69) is 29.9 Å². The monoisotopic (exact) mass is 216 g/mol. The Labute approximate surface area is 97.8 Å². The summed E-state index contributed by atoms with van der Waals surface area (Å²) in [7, 11) is 0. The van der Waals surface area contributed by atoms with Gasteiger partial charge in [0.2, 0.25) is 0 Å². The number of hydrogen-bond acceptors (Lipinski definition) is 2. The van der Waals surface area contributed by atoms with Crippen molar-refractivity contribution in [2.75, 3.05) is 5.32 Å². The molecule has 1 aromatic heterocycles. The summed E-state index contributed by atoms with van der Waals surface area (Å²) in [5.41, 5.74) is 2.37. The molecule has 1 heterocycles. The lowest BCUT2D eigenvalue weighted by Gasteiger charge is -2.18. The van der Waals surface area contributed by atoms with Gasteiger partial charge in [-0.05, 0) is 50.2 Å². The van der Waals surface area contributed by atoms with E-state index >= 15 is 0 Å². The molecule has 0 bridgehead atoms. The fraction of sp³-hybridized carbons (Fsp3) is 0.500. The molecule has 86 valence electrons. The van der Waals surface area contributed by atoms with Crippen LogP contribution in [-0.4, -0.2) is 11.0 Å². The first-order valence-corrected chi connectivity index (χ1v) is 6.08. The summed E-state index contributed by atoms with van der Waals surface area (Å²) in [6, 6.07) is 2.76. The first-order chi connectivity index (χ1) is 7.79. The van der Waals surface area contributed by atoms with Crippen LogP contribution in [0.15, 0.2) is 31.1 Å². The van der Waals surface area contributed by atoms with E-state index in [1.807, 2.05) is 18.5 Å². The minimum Gasteiger partial charge on any atom is -0.381 e. The Morgan fingerprint density at radius 3 is 3.00 bits per heavy atom. The van der Waals surface area contributed by atoms with Crippen LogP contribution in [0.4, 0.5) is 5.69 Å². The van der Waals surface area contributed by atoms with Crippen molar-refractivity contribution in [1.29, 1.82) is 0 Å². The Hall–Kier alpha value is -1.31. The van der Waals surface area contributed by atoms with Crippen LogP contribution in [0.25, 0.3) is 0 Å². The molecule has 1 aliphatic carbocycles. The van der Waals surface area contributed by atoms with E-state index in [1.165, 1.54) is 24.8 Å². The Morgan fingerprint density at radius 1 is 1.56 bits per heavy atom. The van der Waals surface area contributed by atoms with Crippen molar-refractivity contribution in [3.8, 4) is 0 Å². The second-order valence-electron chi connectivity index (χ2n) is 4.71. The van der Waals surface area contributed by atoms with Crippen molar-refractivity contribution in [3.63, 3.8) is 0 Å². The molecule has 0 amide bonds. The second kappa shape index (κ2) is 5.15. The largest absolute Gasteiger partial charge is 0.381 e. The van der Waals surface area contributed by atoms with Gasteiger partial charge in [0.1, 0.15) is 0 Å². The topological polar surface area (TPSA) is 24.9 Å². The van der Waals surface area contributed by atoms with Gasteiger partial charge in [0.05, 0.1) is 5.69 Å². The zero-order chi connectivity index (χ0) is 11.4. The molecule has 2 rings (SSSR count). The number of nitrogens with one attached hydrogen (secondary N) is 1. The summed E-state index contributed by atoms with van der Waals surface area (Å²) in [5.74, 6) is 0.862. The highest BCUT2D eigenvalue weighted by molar-refractivity contribution is 5.43. The fourth-order valence-corrected chi connectivity index (χ4v) is 2.07. The van der Waals surface area contributed by atoms with Gasteiger partial charge in [-0.3, -0.25) is 4.98 Å². The highest BCUT2D eigenvalue weighted by Gasteiger charge is 2.30. The Morgan fingerprint density at radius 2 is 2.38 bits per heavy atom. The van der Waals surface area contributed by atoms with E-state index in [9.17, 15) is 0 Å². The third kappa shape index (κ3) is 3.09. The predicted octanol–water partition coefficient (Wildman–Crippen LogP) is 3.55. The number of hydrogen-bond donors (Lipinski definition) is 1. The standard InChI is InChI=1S/C14H20N2/c1-3-4-5-14(12-6-7-12)16-13-8-11(2)9-15-10-13/h3,8-10,12,14,16H,1,4-7H2,2H3. The van der Waals surface area contributed by atoms with Crippen molar-refractivity contribution in [1.82, 2.24) is 4.98 Å². The molecule has 0 aliphatic heterocycles. The number of aromatic nitrogens is 1. The molecule has 0 spiro atoms. The van der Waals surface area contributed by atoms with E-state index in [0.29, 0.717) is 6.04 Å². The van der Waals surface area contributed by atoms with Gasteiger partial charge in [-0.2, -0.15) is 0 Å². The van der Waals surface area contributed by atoms with Crippen LogP contribution < -0.4 is 5.32 Å². The molecule has 0 radical (unpaired) electrons. The van der Waals surface area contributed by atoms with Gasteiger partial charge in [-0.15, -0.1) is 6.58 Å². The molecule has 16 heavy (non-hydrogen) atoms. The van der Waals surface area contributed by atoms with Gasteiger partial charge < -0.3 is 5.32 Å². The Kier molecular flexibility index (Phi) is 3.60. The zero-order valence-corrected chi connectivity index (χ0v) is 9.95. The second-order valence-corrected chi connectivity index (χ2v) is 4.71. The first-order valence-electron chi connectivity index (χ1n) is 6.08. The summed E-state index contributed by atoms with van der Waals surface area (Å²) in [6.45, 7) is 5.87. The van der Waals surface area contributed by atoms with Crippen molar-refractivity contribution in [2.24, 2.45) is 5.92 Å². The minimum absolute atomic E-state index is 0.599. The van der Waals surface area contributed by atoms with Gasteiger partial charge in [-0.25, -0.2) is 0 Å². The molecular formula is C14H20N2. The van der Waals surface area contributed by atoms with Crippen molar-refractivity contribution < 1.29 is 0 Å². The molecule has 1 aliphatic rings. The summed E-state index contributed by atoms with van der Waals surface area (Å²) in [5, 5.41) is 3.61. The zero-order valence-electron chi connectivity index (χ0n) is 9.95. The van der Waals surface area contributed by atoms with Crippen molar-refractivity contribution in [2.45, 2.75) is 38.6 Å². The molecule has 2 heteroatoms. The maximum Gasteiger partial charge on any atom is 0.0531 e. The van der Waals surface area contributed by atoms with E-state index in [-0.39, 0.29) is 0 Å². The van der Waals surface area contributed by atoms with Gasteiger partial charge in [0.25, 0.3) is 0 Å². The van der Waals surface area contributed by atoms with Crippen molar-refractivity contribution >= 4 is 5.69 Å². The number of allylic oxidation sites excluding steroid dienone is 1. The van der Waals surface area contributed by atoms with Crippen LogP contribution in [0.2, 0.25) is 0 Å². The lowest BCUT2D eigenvalue weighted by molar-refractivity contribution is 0.592. The molecule has 1 atom stereocenters. The SMILES string of the molecule is C=CCCC(Nc1cncc(C)c1)C1CC1. The molecule has 0 aromatic carbocycles. The van der Waals surface area contributed by atoms with Gasteiger partial charge >= 0.3 is 0 Å². The predicted molar refractivity (Wildman–Crippen MR) is 68.5 cm³/mol. The van der Waals surface area contributed by atoms with E-state index in [1.54, 1.807) is 0 Å². The Bertz CT molecular complexity index is 356. The van der Waals surface area contributed by atoms with Crippen LogP contribution in [0.3, 0.4) is 0 Å². The van der Waals surface area contributed by atoms with Gasteiger partial charge in [0, 0.05) is 18.4 Å². The van der Waals surface area contributed by atoms with Gasteiger partial charge in [-0.1, -0.05) is 6.08 Å². The normalized spacial score (nSPS) is 16.8. The molecule has 1 aromatic rings. The van der Waals surface area contributed by atoms with Crippen LogP contribution in [0.5, 0.6) is 0 Å². The molecule has 0 saturated heterocycles. The minimum atomic E-state index is 0.599. The molecular weight excluding hydrogens is 196 g/mol. The summed E-state index contributed by atoms with van der Waals surface area (Å²) < 4.78 is 0. The number of nitrogens with zero attached hydrogens (tertiary/aromatic N) is 1. The average Bonchev–Trinajstić information content (AvgIpc) is 3.08. The highest BCUT2D eigenvalue weighted by atomic mass is 14.9. The molecule has 1 fully saturated rings. The smallest absolute Gasteiger partial charge is 0.0531 e. The number of pyridine rings is 1. The molecule has 2 nitrogen and oxygen atoms in total. The van der Waals surface area contributed by atoms with Gasteiger partial charge in [0.15, 0.2) is 0 Å². The third-order valence-electron chi connectivity index (χ3n) is 3.10. The first kappa shape index (κ1) is 11.2. The van der Waals surface area contributed by atoms with Crippen LogP contribution in [0.1, 0.15) is 31.2 Å². The van der Waals surface area contributed by atoms with Crippen molar-refractivity contribution in [3.05, 3.63) is 36.7 Å². The molecule has 1 N–H and O–H groups in total. The summed E-state index contributed by atoms with van der Waals surface area (Å²) in [6.07, 6.45) is 10.8.